The van der Waals surface area contributed by atoms with Crippen molar-refractivity contribution in [2.45, 2.75) is 24.8 Å². The van der Waals surface area contributed by atoms with Crippen molar-refractivity contribution in [3.8, 4) is 5.75 Å². The summed E-state index contributed by atoms with van der Waals surface area (Å²) in [7, 11) is 0. The number of amides is 3. The van der Waals surface area contributed by atoms with E-state index in [-0.39, 0.29) is 22.0 Å². The van der Waals surface area contributed by atoms with Crippen molar-refractivity contribution < 1.29 is 58.9 Å². The topological polar surface area (TPSA) is 85.9 Å². The minimum absolute atomic E-state index is 0.0247. The van der Waals surface area contributed by atoms with Gasteiger partial charge >= 0.3 is 24.4 Å². The van der Waals surface area contributed by atoms with Gasteiger partial charge in [0, 0.05) is 5.69 Å². The Morgan fingerprint density at radius 1 is 0.917 bits per heavy atom. The van der Waals surface area contributed by atoms with Crippen LogP contribution in [0.25, 0.3) is 0 Å². The number of imide groups is 1. The van der Waals surface area contributed by atoms with Crippen LogP contribution in [0.3, 0.4) is 0 Å². The summed E-state index contributed by atoms with van der Waals surface area (Å²) in [6.45, 7) is -1.82. The van der Waals surface area contributed by atoms with Gasteiger partial charge in [-0.2, -0.15) is 30.7 Å². The van der Waals surface area contributed by atoms with E-state index in [0.717, 1.165) is 0 Å². The number of alkyl halides is 8. The molecule has 2 rings (SSSR count). The molecule has 1 unspecified atom stereocenters. The lowest BCUT2D eigenvalue weighted by atomic mass is 10.2. The molecule has 0 spiro atoms. The van der Waals surface area contributed by atoms with Gasteiger partial charge in [0.05, 0.1) is 17.2 Å². The minimum atomic E-state index is -6.41. The fourth-order valence-corrected chi connectivity index (χ4v) is 2.50. The van der Waals surface area contributed by atoms with Gasteiger partial charge < -0.3 is 14.8 Å². The SMILES string of the molecule is O=C(NC(=O)c1ccccc1Cl)Nc1ccc(OCCOC(F)(F)C(F)OC(F)(F)C(F)(F)F)cc1. The van der Waals surface area contributed by atoms with E-state index in [2.05, 4.69) is 14.8 Å². The van der Waals surface area contributed by atoms with Crippen molar-refractivity contribution in [2.75, 3.05) is 18.5 Å². The predicted octanol–water partition coefficient (Wildman–Crippen LogP) is 5.76. The Morgan fingerprint density at radius 2 is 1.53 bits per heavy atom. The molecule has 36 heavy (non-hydrogen) atoms. The second-order valence-electron chi connectivity index (χ2n) is 6.62. The molecule has 198 valence electrons. The van der Waals surface area contributed by atoms with Crippen molar-refractivity contribution >= 4 is 29.2 Å². The second-order valence-corrected chi connectivity index (χ2v) is 7.03. The molecule has 0 bridgehead atoms. The van der Waals surface area contributed by atoms with Crippen molar-refractivity contribution in [2.24, 2.45) is 0 Å². The van der Waals surface area contributed by atoms with E-state index in [9.17, 15) is 44.7 Å². The van der Waals surface area contributed by atoms with Crippen LogP contribution in [0.5, 0.6) is 5.75 Å². The van der Waals surface area contributed by atoms with Crippen LogP contribution in [-0.2, 0) is 9.47 Å². The van der Waals surface area contributed by atoms with Gasteiger partial charge in [0.1, 0.15) is 12.4 Å². The molecule has 0 saturated carbocycles. The van der Waals surface area contributed by atoms with E-state index in [1.54, 1.807) is 12.1 Å². The lowest BCUT2D eigenvalue weighted by Crippen LogP contribution is -2.47. The average Bonchev–Trinajstić information content (AvgIpc) is 2.77. The van der Waals surface area contributed by atoms with Gasteiger partial charge in [-0.15, -0.1) is 0 Å². The number of carbonyl (C=O) groups is 2. The van der Waals surface area contributed by atoms with Gasteiger partial charge in [-0.1, -0.05) is 23.7 Å². The zero-order valence-electron chi connectivity index (χ0n) is 17.6. The third-order valence-electron chi connectivity index (χ3n) is 3.95. The molecule has 0 fully saturated rings. The number of urea groups is 1. The monoisotopic (exact) mass is 550 g/mol. The highest BCUT2D eigenvalue weighted by Gasteiger charge is 2.63. The highest BCUT2D eigenvalue weighted by Crippen LogP contribution is 2.40. The third kappa shape index (κ3) is 8.20. The molecule has 2 N–H and O–H groups in total. The van der Waals surface area contributed by atoms with Gasteiger partial charge in [-0.05, 0) is 36.4 Å². The van der Waals surface area contributed by atoms with E-state index < -0.39 is 49.9 Å². The third-order valence-corrected chi connectivity index (χ3v) is 4.28. The van der Waals surface area contributed by atoms with E-state index in [0.29, 0.717) is 0 Å². The van der Waals surface area contributed by atoms with Crippen LogP contribution in [0, 0.1) is 0 Å². The number of rotatable bonds is 10. The summed E-state index contributed by atoms with van der Waals surface area (Å²) in [4.78, 5) is 24.0. The molecule has 0 aromatic heterocycles. The van der Waals surface area contributed by atoms with Crippen molar-refractivity contribution in [3.63, 3.8) is 0 Å². The molecule has 0 saturated heterocycles. The fourth-order valence-electron chi connectivity index (χ4n) is 2.28. The summed E-state index contributed by atoms with van der Waals surface area (Å²) in [6, 6.07) is 10.1. The molecule has 7 nitrogen and oxygen atoms in total. The number of hydrogen-bond donors (Lipinski definition) is 2. The standard InChI is InChI=1S/C20H15ClF8N2O5/c21-14-4-2-1-3-13(14)15(32)31-17(33)30-11-5-7-12(8-6-11)34-9-10-35-18(23,24)16(22)36-20(28,29)19(25,26)27/h1-8,16H,9-10H2,(H2,30,31,32,33). The summed E-state index contributed by atoms with van der Waals surface area (Å²) in [5, 5.41) is 4.50. The maximum atomic E-state index is 13.3. The molecule has 0 heterocycles. The first-order valence-electron chi connectivity index (χ1n) is 9.50. The number of nitrogens with one attached hydrogen (secondary N) is 2. The number of carbonyl (C=O) groups excluding carboxylic acids is 2. The Bertz CT molecular complexity index is 1050. The first kappa shape index (κ1) is 29.1. The molecule has 0 radical (unpaired) electrons. The minimum Gasteiger partial charge on any atom is -0.491 e. The van der Waals surface area contributed by atoms with Crippen LogP contribution in [0.4, 0.5) is 45.6 Å². The Morgan fingerprint density at radius 3 is 2.11 bits per heavy atom. The Hall–Kier alpha value is -3.17. The molecule has 2 aromatic rings. The second kappa shape index (κ2) is 11.7. The summed E-state index contributed by atoms with van der Waals surface area (Å²) in [6.07, 6.45) is -22.1. The van der Waals surface area contributed by atoms with Gasteiger partial charge in [0.15, 0.2) is 0 Å². The molecular formula is C20H15ClF8N2O5. The smallest absolute Gasteiger partial charge is 0.483 e. The van der Waals surface area contributed by atoms with E-state index in [4.69, 9.17) is 16.3 Å². The van der Waals surface area contributed by atoms with Crippen LogP contribution in [0.1, 0.15) is 10.4 Å². The molecule has 0 aliphatic carbocycles. The number of halogens is 9. The largest absolute Gasteiger partial charge is 0.491 e. The highest BCUT2D eigenvalue weighted by molar-refractivity contribution is 6.34. The van der Waals surface area contributed by atoms with Gasteiger partial charge in [0.25, 0.3) is 12.3 Å². The number of ether oxygens (including phenoxy) is 3. The number of anilines is 1. The van der Waals surface area contributed by atoms with E-state index >= 15 is 0 Å². The lowest BCUT2D eigenvalue weighted by molar-refractivity contribution is -0.450. The number of hydrogen-bond acceptors (Lipinski definition) is 5. The molecule has 2 aromatic carbocycles. The first-order chi connectivity index (χ1) is 16.6. The summed E-state index contributed by atoms with van der Waals surface area (Å²) < 4.78 is 112. The van der Waals surface area contributed by atoms with Crippen LogP contribution in [0.15, 0.2) is 48.5 Å². The number of benzene rings is 2. The molecule has 1 atom stereocenters. The van der Waals surface area contributed by atoms with Crippen molar-refractivity contribution in [1.29, 1.82) is 0 Å². The Labute approximate surface area is 202 Å². The zero-order valence-corrected chi connectivity index (χ0v) is 18.3. The van der Waals surface area contributed by atoms with Crippen LogP contribution >= 0.6 is 11.6 Å². The molecule has 16 heteroatoms. The summed E-state index contributed by atoms with van der Waals surface area (Å²) in [5.41, 5.74) is 0.239. The maximum Gasteiger partial charge on any atom is 0.483 e. The first-order valence-corrected chi connectivity index (χ1v) is 9.88. The fraction of sp³-hybridized carbons (Fsp3) is 0.300. The Balaban J connectivity index is 1.78. The van der Waals surface area contributed by atoms with Crippen LogP contribution in [0.2, 0.25) is 5.02 Å². The van der Waals surface area contributed by atoms with Gasteiger partial charge in [-0.3, -0.25) is 14.8 Å². The Kier molecular flexibility index (Phi) is 9.45. The van der Waals surface area contributed by atoms with Gasteiger partial charge in [0.2, 0.25) is 0 Å². The van der Waals surface area contributed by atoms with Gasteiger partial charge in [-0.25, -0.2) is 9.18 Å². The van der Waals surface area contributed by atoms with Crippen molar-refractivity contribution in [3.05, 3.63) is 59.1 Å². The normalized spacial score (nSPS) is 13.1. The van der Waals surface area contributed by atoms with Crippen LogP contribution < -0.4 is 15.4 Å². The zero-order chi connectivity index (χ0) is 27.1. The average molecular weight is 551 g/mol. The summed E-state index contributed by atoms with van der Waals surface area (Å²) >= 11 is 5.86. The molecule has 0 aliphatic rings. The molecule has 0 aliphatic heterocycles. The quantitative estimate of drug-likeness (QED) is 0.290. The molecule has 3 amide bonds. The maximum absolute atomic E-state index is 13.3. The molecular weight excluding hydrogens is 536 g/mol. The van der Waals surface area contributed by atoms with Crippen LogP contribution in [-0.4, -0.2) is 49.9 Å². The van der Waals surface area contributed by atoms with Crippen molar-refractivity contribution in [1.82, 2.24) is 5.32 Å². The summed E-state index contributed by atoms with van der Waals surface area (Å²) in [5.74, 6) is -0.741. The van der Waals surface area contributed by atoms with E-state index in [1.165, 1.54) is 36.4 Å². The highest BCUT2D eigenvalue weighted by atomic mass is 35.5. The van der Waals surface area contributed by atoms with E-state index in [1.807, 2.05) is 5.32 Å². The lowest BCUT2D eigenvalue weighted by Gasteiger charge is -2.25. The predicted molar refractivity (Wildman–Crippen MR) is 108 cm³/mol.